The first-order valence-corrected chi connectivity index (χ1v) is 9.00. The van der Waals surface area contributed by atoms with Crippen molar-refractivity contribution in [1.29, 1.82) is 0 Å². The largest absolute Gasteiger partial charge is 0.497 e. The number of rotatable bonds is 8. The van der Waals surface area contributed by atoms with Crippen LogP contribution in [0.3, 0.4) is 0 Å². The summed E-state index contributed by atoms with van der Waals surface area (Å²) in [4.78, 5) is 12.2. The number of ether oxygens (including phenoxy) is 2. The first-order valence-electron chi connectivity index (χ1n) is 8.12. The van der Waals surface area contributed by atoms with Crippen LogP contribution in [0, 0.1) is 0 Å². The summed E-state index contributed by atoms with van der Waals surface area (Å²) in [5.74, 6) is 2.08. The minimum absolute atomic E-state index is 0.154. The zero-order valence-electron chi connectivity index (χ0n) is 15.1. The van der Waals surface area contributed by atoms with Gasteiger partial charge in [-0.1, -0.05) is 11.8 Å². The highest BCUT2D eigenvalue weighted by molar-refractivity contribution is 8.00. The Kier molecular flexibility index (Phi) is 6.02. The Labute approximate surface area is 160 Å². The molecule has 2 aromatic heterocycles. The number of nitrogens with zero attached hydrogens (tertiary/aromatic N) is 2. The van der Waals surface area contributed by atoms with Crippen molar-refractivity contribution in [1.82, 2.24) is 15.5 Å². The van der Waals surface area contributed by atoms with Crippen LogP contribution in [0.5, 0.6) is 11.5 Å². The number of amides is 1. The van der Waals surface area contributed by atoms with Crippen LogP contribution in [-0.2, 0) is 11.3 Å². The first-order chi connectivity index (χ1) is 13.1. The van der Waals surface area contributed by atoms with Crippen molar-refractivity contribution < 1.29 is 23.1 Å². The van der Waals surface area contributed by atoms with E-state index in [1.54, 1.807) is 57.7 Å². The predicted octanol–water partition coefficient (Wildman–Crippen LogP) is 3.14. The highest BCUT2D eigenvalue weighted by Gasteiger charge is 2.19. The van der Waals surface area contributed by atoms with Crippen LogP contribution in [0.25, 0.3) is 11.5 Å². The van der Waals surface area contributed by atoms with Gasteiger partial charge in [0.15, 0.2) is 0 Å². The molecule has 2 heterocycles. The van der Waals surface area contributed by atoms with Crippen LogP contribution >= 0.6 is 11.8 Å². The van der Waals surface area contributed by atoms with Crippen LogP contribution in [0.15, 0.2) is 50.7 Å². The van der Waals surface area contributed by atoms with E-state index in [-0.39, 0.29) is 5.91 Å². The summed E-state index contributed by atoms with van der Waals surface area (Å²) in [6.45, 7) is 2.09. The Morgan fingerprint density at radius 1 is 1.22 bits per heavy atom. The van der Waals surface area contributed by atoms with Crippen LogP contribution in [0.4, 0.5) is 0 Å². The Bertz CT molecular complexity index is 872. The van der Waals surface area contributed by atoms with Crippen molar-refractivity contribution in [2.45, 2.75) is 23.9 Å². The molecule has 0 saturated carbocycles. The molecule has 0 radical (unpaired) electrons. The second kappa shape index (κ2) is 8.63. The molecule has 0 saturated heterocycles. The number of hydrogen-bond acceptors (Lipinski definition) is 8. The molecule has 0 bridgehead atoms. The van der Waals surface area contributed by atoms with Gasteiger partial charge in [0, 0.05) is 11.6 Å². The van der Waals surface area contributed by atoms with E-state index in [4.69, 9.17) is 18.3 Å². The molecule has 0 unspecified atom stereocenters. The standard InChI is InChI=1S/C18H19N3O5S/c1-11(16(22)19-10-13-5-4-6-25-13)27-18-21-20-17(26-18)12-7-14(23-2)9-15(8-12)24-3/h4-9,11H,10H2,1-3H3,(H,19,22)/t11-/m0/s1. The fourth-order valence-corrected chi connectivity index (χ4v) is 2.95. The van der Waals surface area contributed by atoms with Crippen molar-refractivity contribution in [2.75, 3.05) is 14.2 Å². The lowest BCUT2D eigenvalue weighted by atomic mass is 10.2. The summed E-state index contributed by atoms with van der Waals surface area (Å²) in [5, 5.41) is 10.7. The quantitative estimate of drug-likeness (QED) is 0.587. The molecule has 9 heteroatoms. The van der Waals surface area contributed by atoms with Crippen molar-refractivity contribution in [3.63, 3.8) is 0 Å². The van der Waals surface area contributed by atoms with Gasteiger partial charge in [0.25, 0.3) is 5.22 Å². The monoisotopic (exact) mass is 389 g/mol. The zero-order chi connectivity index (χ0) is 19.2. The molecule has 3 aromatic rings. The minimum atomic E-state index is -0.409. The minimum Gasteiger partial charge on any atom is -0.497 e. The molecule has 142 valence electrons. The highest BCUT2D eigenvalue weighted by atomic mass is 32.2. The van der Waals surface area contributed by atoms with Crippen LogP contribution in [0.1, 0.15) is 12.7 Å². The summed E-state index contributed by atoms with van der Waals surface area (Å²) in [5.41, 5.74) is 0.667. The van der Waals surface area contributed by atoms with Crippen molar-refractivity contribution >= 4 is 17.7 Å². The number of hydrogen-bond donors (Lipinski definition) is 1. The Hall–Kier alpha value is -2.94. The SMILES string of the molecule is COc1cc(OC)cc(-c2nnc(S[C@@H](C)C(=O)NCc3ccco3)o2)c1. The van der Waals surface area contributed by atoms with E-state index in [1.807, 2.05) is 0 Å². The van der Waals surface area contributed by atoms with E-state index < -0.39 is 5.25 Å². The molecule has 1 aromatic carbocycles. The van der Waals surface area contributed by atoms with Gasteiger partial charge in [0.1, 0.15) is 17.3 Å². The molecule has 0 aliphatic rings. The highest BCUT2D eigenvalue weighted by Crippen LogP contribution is 2.31. The number of aromatic nitrogens is 2. The van der Waals surface area contributed by atoms with E-state index in [2.05, 4.69) is 15.5 Å². The average Bonchev–Trinajstić information content (AvgIpc) is 3.37. The number of furan rings is 1. The summed E-state index contributed by atoms with van der Waals surface area (Å²) in [6, 6.07) is 8.85. The number of carbonyl (C=O) groups is 1. The van der Waals surface area contributed by atoms with Crippen molar-refractivity contribution in [3.05, 3.63) is 42.4 Å². The number of thioether (sulfide) groups is 1. The molecule has 0 aliphatic heterocycles. The lowest BCUT2D eigenvalue weighted by molar-refractivity contribution is -0.120. The summed E-state index contributed by atoms with van der Waals surface area (Å²) in [6.07, 6.45) is 1.56. The second-order valence-corrected chi connectivity index (χ2v) is 6.82. The Morgan fingerprint density at radius 3 is 2.59 bits per heavy atom. The molecule has 0 fully saturated rings. The number of benzene rings is 1. The summed E-state index contributed by atoms with van der Waals surface area (Å²) < 4.78 is 21.3. The Morgan fingerprint density at radius 2 is 1.96 bits per heavy atom. The fourth-order valence-electron chi connectivity index (χ4n) is 2.24. The summed E-state index contributed by atoms with van der Waals surface area (Å²) in [7, 11) is 3.13. The van der Waals surface area contributed by atoms with Crippen molar-refractivity contribution in [2.24, 2.45) is 0 Å². The fraction of sp³-hybridized carbons (Fsp3) is 0.278. The predicted molar refractivity (Wildman–Crippen MR) is 98.7 cm³/mol. The molecule has 3 rings (SSSR count). The third-order valence-electron chi connectivity index (χ3n) is 3.67. The molecule has 1 N–H and O–H groups in total. The summed E-state index contributed by atoms with van der Waals surface area (Å²) >= 11 is 1.18. The van der Waals surface area contributed by atoms with Gasteiger partial charge in [-0.2, -0.15) is 0 Å². The lowest BCUT2D eigenvalue weighted by Gasteiger charge is -2.08. The molecule has 0 spiro atoms. The molecule has 1 amide bonds. The van der Waals surface area contributed by atoms with Gasteiger partial charge in [-0.05, 0) is 31.2 Å². The maximum atomic E-state index is 12.2. The van der Waals surface area contributed by atoms with Gasteiger partial charge in [0.2, 0.25) is 11.8 Å². The maximum absolute atomic E-state index is 12.2. The third-order valence-corrected chi connectivity index (χ3v) is 4.60. The van der Waals surface area contributed by atoms with Gasteiger partial charge in [-0.25, -0.2) is 0 Å². The molecular weight excluding hydrogens is 370 g/mol. The first kappa shape index (κ1) is 18.8. The molecule has 8 nitrogen and oxygen atoms in total. The second-order valence-electron chi connectivity index (χ2n) is 5.53. The topological polar surface area (TPSA) is 99.6 Å². The Balaban J connectivity index is 1.64. The van der Waals surface area contributed by atoms with Crippen LogP contribution in [0.2, 0.25) is 0 Å². The third kappa shape index (κ3) is 4.82. The maximum Gasteiger partial charge on any atom is 0.277 e. The molecule has 0 aliphatic carbocycles. The van der Waals surface area contributed by atoms with E-state index in [1.165, 1.54) is 11.8 Å². The molecular formula is C18H19N3O5S. The number of nitrogens with one attached hydrogen (secondary N) is 1. The van der Waals surface area contributed by atoms with Gasteiger partial charge < -0.3 is 23.6 Å². The van der Waals surface area contributed by atoms with E-state index in [0.29, 0.717) is 40.5 Å². The zero-order valence-corrected chi connectivity index (χ0v) is 15.9. The smallest absolute Gasteiger partial charge is 0.277 e. The van der Waals surface area contributed by atoms with Gasteiger partial charge >= 0.3 is 0 Å². The number of carbonyl (C=O) groups excluding carboxylic acids is 1. The molecule has 27 heavy (non-hydrogen) atoms. The average molecular weight is 389 g/mol. The van der Waals surface area contributed by atoms with Gasteiger partial charge in [0.05, 0.1) is 32.3 Å². The molecule has 1 atom stereocenters. The lowest BCUT2D eigenvalue weighted by Crippen LogP contribution is -2.30. The normalized spacial score (nSPS) is 11.8. The van der Waals surface area contributed by atoms with Crippen LogP contribution in [-0.4, -0.2) is 35.6 Å². The van der Waals surface area contributed by atoms with E-state index in [0.717, 1.165) is 0 Å². The number of methoxy groups -OCH3 is 2. The van der Waals surface area contributed by atoms with Crippen LogP contribution < -0.4 is 14.8 Å². The van der Waals surface area contributed by atoms with E-state index >= 15 is 0 Å². The van der Waals surface area contributed by atoms with E-state index in [9.17, 15) is 4.79 Å². The van der Waals surface area contributed by atoms with Crippen molar-refractivity contribution in [3.8, 4) is 23.0 Å². The van der Waals surface area contributed by atoms with Gasteiger partial charge in [-0.15, -0.1) is 10.2 Å². The van der Waals surface area contributed by atoms with Gasteiger partial charge in [-0.3, -0.25) is 4.79 Å².